The summed E-state index contributed by atoms with van der Waals surface area (Å²) in [6.45, 7) is 4.96. The summed E-state index contributed by atoms with van der Waals surface area (Å²) >= 11 is 0. The monoisotopic (exact) mass is 300 g/mol. The van der Waals surface area contributed by atoms with E-state index in [9.17, 15) is 9.18 Å². The molecule has 0 aliphatic carbocycles. The zero-order chi connectivity index (χ0) is 14.0. The summed E-state index contributed by atoms with van der Waals surface area (Å²) in [6, 6.07) is 5.02. The molecule has 2 rings (SSSR count). The number of rotatable bonds is 2. The average molecular weight is 301 g/mol. The molecule has 1 aliphatic heterocycles. The van der Waals surface area contributed by atoms with Crippen molar-refractivity contribution in [1.29, 1.82) is 0 Å². The van der Waals surface area contributed by atoms with Crippen molar-refractivity contribution >= 4 is 18.3 Å². The van der Waals surface area contributed by atoms with Crippen molar-refractivity contribution in [2.75, 3.05) is 13.1 Å². The van der Waals surface area contributed by atoms with Crippen LogP contribution in [0.3, 0.4) is 0 Å². The number of likely N-dealkylation sites (tertiary alicyclic amines) is 1. The van der Waals surface area contributed by atoms with Gasteiger partial charge < -0.3 is 10.6 Å². The van der Waals surface area contributed by atoms with Crippen LogP contribution in [0.2, 0.25) is 0 Å². The number of piperidine rings is 1. The van der Waals surface area contributed by atoms with Gasteiger partial charge in [-0.3, -0.25) is 4.79 Å². The summed E-state index contributed by atoms with van der Waals surface area (Å²) in [4.78, 5) is 14.1. The van der Waals surface area contributed by atoms with Gasteiger partial charge in [0.05, 0.1) is 5.56 Å². The molecule has 2 unspecified atom stereocenters. The molecule has 1 aromatic rings. The molecule has 0 radical (unpaired) electrons. The number of benzene rings is 1. The molecule has 5 heteroatoms. The lowest BCUT2D eigenvalue weighted by atomic mass is 9.91. The Hall–Kier alpha value is -1.13. The van der Waals surface area contributed by atoms with Gasteiger partial charge in [0.1, 0.15) is 5.82 Å². The minimum atomic E-state index is -0.407. The van der Waals surface area contributed by atoms with E-state index in [4.69, 9.17) is 5.73 Å². The van der Waals surface area contributed by atoms with Crippen LogP contribution in [0.4, 0.5) is 4.39 Å². The fourth-order valence-corrected chi connectivity index (χ4v) is 2.61. The average Bonchev–Trinajstić information content (AvgIpc) is 2.41. The Balaban J connectivity index is 0.00000200. The Morgan fingerprint density at radius 1 is 1.50 bits per heavy atom. The number of aryl methyl sites for hydroxylation is 1. The van der Waals surface area contributed by atoms with Crippen LogP contribution in [0.5, 0.6) is 0 Å². The second-order valence-corrected chi connectivity index (χ2v) is 5.45. The van der Waals surface area contributed by atoms with Gasteiger partial charge in [-0.15, -0.1) is 12.4 Å². The van der Waals surface area contributed by atoms with Crippen LogP contribution in [0.15, 0.2) is 18.2 Å². The summed E-state index contributed by atoms with van der Waals surface area (Å²) in [5.41, 5.74) is 6.59. The zero-order valence-electron chi connectivity index (χ0n) is 11.9. The number of carbonyl (C=O) groups excluding carboxylic acids is 1. The molecule has 1 saturated heterocycles. The van der Waals surface area contributed by atoms with E-state index in [0.29, 0.717) is 24.6 Å². The predicted octanol–water partition coefficient (Wildman–Crippen LogP) is 2.76. The SMILES string of the molecule is Cc1cccc(C(=O)N2CCCC(C(C)N)C2)c1F.Cl. The Labute approximate surface area is 125 Å². The van der Waals surface area contributed by atoms with E-state index in [1.807, 2.05) is 6.92 Å². The fourth-order valence-electron chi connectivity index (χ4n) is 2.61. The van der Waals surface area contributed by atoms with Crippen LogP contribution in [-0.2, 0) is 0 Å². The maximum Gasteiger partial charge on any atom is 0.256 e. The highest BCUT2D eigenvalue weighted by Crippen LogP contribution is 2.22. The molecule has 0 aromatic heterocycles. The molecule has 1 aromatic carbocycles. The molecule has 20 heavy (non-hydrogen) atoms. The minimum absolute atomic E-state index is 0. The molecular weight excluding hydrogens is 279 g/mol. The van der Waals surface area contributed by atoms with Gasteiger partial charge in [0.15, 0.2) is 0 Å². The standard InChI is InChI=1S/C15H21FN2O.ClH/c1-10-5-3-7-13(14(10)16)15(19)18-8-4-6-12(9-18)11(2)17;/h3,5,7,11-12H,4,6,8-9,17H2,1-2H3;1H. The van der Waals surface area contributed by atoms with Gasteiger partial charge in [-0.25, -0.2) is 4.39 Å². The first-order chi connectivity index (χ1) is 9.00. The summed E-state index contributed by atoms with van der Waals surface area (Å²) in [5.74, 6) is -0.312. The van der Waals surface area contributed by atoms with Crippen molar-refractivity contribution in [2.45, 2.75) is 32.7 Å². The van der Waals surface area contributed by atoms with E-state index in [1.165, 1.54) is 0 Å². The largest absolute Gasteiger partial charge is 0.338 e. The first kappa shape index (κ1) is 16.9. The van der Waals surface area contributed by atoms with Crippen molar-refractivity contribution in [3.05, 3.63) is 35.1 Å². The maximum absolute atomic E-state index is 14.0. The Bertz CT molecular complexity index is 479. The Morgan fingerprint density at radius 2 is 2.20 bits per heavy atom. The van der Waals surface area contributed by atoms with Crippen molar-refractivity contribution < 1.29 is 9.18 Å². The van der Waals surface area contributed by atoms with Crippen LogP contribution in [0.25, 0.3) is 0 Å². The van der Waals surface area contributed by atoms with Crippen molar-refractivity contribution in [3.8, 4) is 0 Å². The molecule has 112 valence electrons. The first-order valence-electron chi connectivity index (χ1n) is 6.80. The molecule has 1 amide bonds. The van der Waals surface area contributed by atoms with Gasteiger partial charge in [0.2, 0.25) is 0 Å². The molecular formula is C15H22ClFN2O. The third-order valence-corrected chi connectivity index (χ3v) is 3.91. The second kappa shape index (κ2) is 7.04. The van der Waals surface area contributed by atoms with Crippen LogP contribution < -0.4 is 5.73 Å². The molecule has 1 fully saturated rings. The van der Waals surface area contributed by atoms with Gasteiger partial charge in [-0.05, 0) is 44.2 Å². The molecule has 2 atom stereocenters. The summed E-state index contributed by atoms with van der Waals surface area (Å²) < 4.78 is 14.0. The van der Waals surface area contributed by atoms with Gasteiger partial charge in [0, 0.05) is 19.1 Å². The number of nitrogens with two attached hydrogens (primary N) is 1. The van der Waals surface area contributed by atoms with Gasteiger partial charge in [-0.2, -0.15) is 0 Å². The minimum Gasteiger partial charge on any atom is -0.338 e. The normalized spacial score (nSPS) is 20.2. The molecule has 1 heterocycles. The highest BCUT2D eigenvalue weighted by atomic mass is 35.5. The smallest absolute Gasteiger partial charge is 0.256 e. The number of amides is 1. The van der Waals surface area contributed by atoms with Crippen molar-refractivity contribution in [1.82, 2.24) is 4.90 Å². The number of hydrogen-bond donors (Lipinski definition) is 1. The van der Waals surface area contributed by atoms with E-state index in [2.05, 4.69) is 0 Å². The second-order valence-electron chi connectivity index (χ2n) is 5.45. The van der Waals surface area contributed by atoms with Crippen LogP contribution in [0, 0.1) is 18.7 Å². The lowest BCUT2D eigenvalue weighted by molar-refractivity contribution is 0.0656. The number of halogens is 2. The van der Waals surface area contributed by atoms with E-state index >= 15 is 0 Å². The van der Waals surface area contributed by atoms with E-state index in [1.54, 1.807) is 30.0 Å². The third-order valence-electron chi connectivity index (χ3n) is 3.91. The first-order valence-corrected chi connectivity index (χ1v) is 6.80. The maximum atomic E-state index is 14.0. The molecule has 3 nitrogen and oxygen atoms in total. The number of hydrogen-bond acceptors (Lipinski definition) is 2. The molecule has 0 spiro atoms. The van der Waals surface area contributed by atoms with E-state index < -0.39 is 5.82 Å². The van der Waals surface area contributed by atoms with E-state index in [-0.39, 0.29) is 29.9 Å². The van der Waals surface area contributed by atoms with Gasteiger partial charge >= 0.3 is 0 Å². The molecule has 2 N–H and O–H groups in total. The summed E-state index contributed by atoms with van der Waals surface area (Å²) in [7, 11) is 0. The topological polar surface area (TPSA) is 46.3 Å². The zero-order valence-corrected chi connectivity index (χ0v) is 12.8. The van der Waals surface area contributed by atoms with Gasteiger partial charge in [-0.1, -0.05) is 12.1 Å². The molecule has 0 bridgehead atoms. The third kappa shape index (κ3) is 3.49. The number of nitrogens with zero attached hydrogens (tertiary/aromatic N) is 1. The lowest BCUT2D eigenvalue weighted by Crippen LogP contribution is -2.45. The number of carbonyl (C=O) groups is 1. The van der Waals surface area contributed by atoms with Crippen LogP contribution in [0.1, 0.15) is 35.7 Å². The fraction of sp³-hybridized carbons (Fsp3) is 0.533. The van der Waals surface area contributed by atoms with Crippen LogP contribution in [-0.4, -0.2) is 29.9 Å². The predicted molar refractivity (Wildman–Crippen MR) is 80.7 cm³/mol. The highest BCUT2D eigenvalue weighted by molar-refractivity contribution is 5.94. The summed E-state index contributed by atoms with van der Waals surface area (Å²) in [6.07, 6.45) is 1.98. The summed E-state index contributed by atoms with van der Waals surface area (Å²) in [5, 5.41) is 0. The Kier molecular flexibility index (Phi) is 5.96. The van der Waals surface area contributed by atoms with Crippen molar-refractivity contribution in [2.24, 2.45) is 11.7 Å². The molecule has 0 saturated carbocycles. The van der Waals surface area contributed by atoms with Crippen LogP contribution >= 0.6 is 12.4 Å². The highest BCUT2D eigenvalue weighted by Gasteiger charge is 2.27. The Morgan fingerprint density at radius 3 is 2.85 bits per heavy atom. The van der Waals surface area contributed by atoms with Gasteiger partial charge in [0.25, 0.3) is 5.91 Å². The molecule has 1 aliphatic rings. The van der Waals surface area contributed by atoms with E-state index in [0.717, 1.165) is 12.8 Å². The lowest BCUT2D eigenvalue weighted by Gasteiger charge is -2.34. The van der Waals surface area contributed by atoms with Crippen molar-refractivity contribution in [3.63, 3.8) is 0 Å². The quantitative estimate of drug-likeness (QED) is 0.913.